The molecule has 3 heterocycles. The fourth-order valence-electron chi connectivity index (χ4n) is 5.80. The van der Waals surface area contributed by atoms with Gasteiger partial charge in [-0.3, -0.25) is 4.90 Å². The number of rotatable bonds is 5. The first kappa shape index (κ1) is 24.8. The number of para-hydroxylation sites is 1. The third kappa shape index (κ3) is 5.47. The van der Waals surface area contributed by atoms with E-state index in [4.69, 9.17) is 35.4 Å². The molecule has 2 aliphatic heterocycles. The molecule has 2 aromatic carbocycles. The fraction of sp³-hybridized carbons (Fsp3) is 0.444. The van der Waals surface area contributed by atoms with Crippen molar-refractivity contribution < 1.29 is 5.11 Å². The Kier molecular flexibility index (Phi) is 7.85. The third-order valence-corrected chi connectivity index (χ3v) is 8.89. The van der Waals surface area contributed by atoms with Crippen LogP contribution in [0.1, 0.15) is 37.2 Å². The summed E-state index contributed by atoms with van der Waals surface area (Å²) in [5.74, 6) is 1.06. The minimum atomic E-state index is 0.217. The first-order chi connectivity index (χ1) is 17.0. The molecule has 8 heteroatoms. The van der Waals surface area contributed by atoms with Gasteiger partial charge in [-0.2, -0.15) is 0 Å². The van der Waals surface area contributed by atoms with E-state index in [0.29, 0.717) is 27.0 Å². The molecule has 186 valence electrons. The second-order valence-corrected chi connectivity index (χ2v) is 10.9. The van der Waals surface area contributed by atoms with Gasteiger partial charge < -0.3 is 20.3 Å². The lowest BCUT2D eigenvalue weighted by atomic mass is 9.85. The molecule has 0 bridgehead atoms. The predicted octanol–water partition coefficient (Wildman–Crippen LogP) is 6.12. The van der Waals surface area contributed by atoms with E-state index in [2.05, 4.69) is 50.6 Å². The van der Waals surface area contributed by atoms with Crippen molar-refractivity contribution in [2.45, 2.75) is 37.6 Å². The Morgan fingerprint density at radius 3 is 2.49 bits per heavy atom. The molecule has 35 heavy (non-hydrogen) atoms. The lowest BCUT2D eigenvalue weighted by Crippen LogP contribution is -2.51. The summed E-state index contributed by atoms with van der Waals surface area (Å²) in [5.41, 5.74) is 3.51. The lowest BCUT2D eigenvalue weighted by molar-refractivity contribution is 0.0420. The van der Waals surface area contributed by atoms with Gasteiger partial charge in [-0.1, -0.05) is 41.4 Å². The summed E-state index contributed by atoms with van der Waals surface area (Å²) >= 11 is 17.8. The second kappa shape index (κ2) is 11.1. The van der Waals surface area contributed by atoms with Crippen molar-refractivity contribution in [1.29, 1.82) is 0 Å². The quantitative estimate of drug-likeness (QED) is 0.346. The van der Waals surface area contributed by atoms with E-state index in [1.807, 2.05) is 6.07 Å². The molecule has 5 nitrogen and oxygen atoms in total. The number of hydrogen-bond donors (Lipinski definition) is 3. The summed E-state index contributed by atoms with van der Waals surface area (Å²) in [5, 5.41) is 16.7. The van der Waals surface area contributed by atoms with E-state index in [1.54, 1.807) is 12.1 Å². The number of H-pyrrole nitrogens is 1. The maximum atomic E-state index is 10.3. The van der Waals surface area contributed by atoms with Crippen molar-refractivity contribution in [1.82, 2.24) is 14.8 Å². The van der Waals surface area contributed by atoms with Gasteiger partial charge in [-0.05, 0) is 92.7 Å². The standard InChI is InChI=1S/C27H32Cl2N4OS/c28-23-6-5-20(15-24(23)29)31-27(35)33-13-9-19(10-14-33)26(17-34)32-11-7-18(8-12-32)22-16-30-25-4-2-1-3-21(22)25/h1-6,15-16,18-19,26,30,34H,7-14,17H2,(H,31,35). The Morgan fingerprint density at radius 1 is 1.03 bits per heavy atom. The summed E-state index contributed by atoms with van der Waals surface area (Å²) < 4.78 is 0. The smallest absolute Gasteiger partial charge is 0.173 e. The summed E-state index contributed by atoms with van der Waals surface area (Å²) in [7, 11) is 0. The summed E-state index contributed by atoms with van der Waals surface area (Å²) in [6.45, 7) is 4.06. The molecule has 2 saturated heterocycles. The molecular weight excluding hydrogens is 499 g/mol. The van der Waals surface area contributed by atoms with Crippen molar-refractivity contribution in [3.8, 4) is 0 Å². The average molecular weight is 532 g/mol. The molecular formula is C27H32Cl2N4OS. The number of aliphatic hydroxyl groups excluding tert-OH is 1. The van der Waals surface area contributed by atoms with Crippen molar-refractivity contribution in [3.05, 3.63) is 64.3 Å². The second-order valence-electron chi connectivity index (χ2n) is 9.73. The Labute approximate surface area is 222 Å². The van der Waals surface area contributed by atoms with Crippen LogP contribution in [0.15, 0.2) is 48.7 Å². The number of aliphatic hydroxyl groups is 1. The molecule has 2 fully saturated rings. The van der Waals surface area contributed by atoms with Crippen LogP contribution in [-0.4, -0.2) is 63.8 Å². The minimum absolute atomic E-state index is 0.217. The highest BCUT2D eigenvalue weighted by Crippen LogP contribution is 2.35. The number of nitrogens with one attached hydrogen (secondary N) is 2. The van der Waals surface area contributed by atoms with E-state index in [-0.39, 0.29) is 12.6 Å². The molecule has 0 radical (unpaired) electrons. The van der Waals surface area contributed by atoms with Crippen molar-refractivity contribution >= 4 is 57.1 Å². The Hall–Kier alpha value is -1.83. The number of thiocarbonyl (C=S) groups is 1. The maximum Gasteiger partial charge on any atom is 0.173 e. The van der Waals surface area contributed by atoms with Crippen LogP contribution in [0.25, 0.3) is 10.9 Å². The largest absolute Gasteiger partial charge is 0.395 e. The number of anilines is 1. The number of likely N-dealkylation sites (tertiary alicyclic amines) is 2. The van der Waals surface area contributed by atoms with E-state index >= 15 is 0 Å². The zero-order chi connectivity index (χ0) is 24.4. The van der Waals surface area contributed by atoms with Gasteiger partial charge in [0.05, 0.1) is 16.7 Å². The van der Waals surface area contributed by atoms with Crippen LogP contribution in [0.3, 0.4) is 0 Å². The average Bonchev–Trinajstić information content (AvgIpc) is 3.32. The molecule has 1 unspecified atom stereocenters. The Balaban J connectivity index is 1.13. The number of halogens is 2. The highest BCUT2D eigenvalue weighted by Gasteiger charge is 2.33. The minimum Gasteiger partial charge on any atom is -0.395 e. The van der Waals surface area contributed by atoms with Crippen LogP contribution in [0.4, 0.5) is 5.69 Å². The molecule has 0 saturated carbocycles. The summed E-state index contributed by atoms with van der Waals surface area (Å²) in [6.07, 6.45) is 6.51. The highest BCUT2D eigenvalue weighted by atomic mass is 35.5. The molecule has 0 amide bonds. The molecule has 0 spiro atoms. The molecule has 5 rings (SSSR count). The van der Waals surface area contributed by atoms with E-state index in [1.165, 1.54) is 16.5 Å². The number of hydrogen-bond acceptors (Lipinski definition) is 3. The number of aromatic nitrogens is 1. The van der Waals surface area contributed by atoms with Crippen LogP contribution in [0.5, 0.6) is 0 Å². The lowest BCUT2D eigenvalue weighted by Gasteiger charge is -2.43. The third-order valence-electron chi connectivity index (χ3n) is 7.79. The van der Waals surface area contributed by atoms with Crippen LogP contribution < -0.4 is 5.32 Å². The first-order valence-corrected chi connectivity index (χ1v) is 13.6. The van der Waals surface area contributed by atoms with E-state index in [0.717, 1.165) is 57.5 Å². The van der Waals surface area contributed by atoms with Gasteiger partial charge in [0.1, 0.15) is 0 Å². The van der Waals surface area contributed by atoms with Crippen LogP contribution in [-0.2, 0) is 0 Å². The van der Waals surface area contributed by atoms with Gasteiger partial charge in [-0.25, -0.2) is 0 Å². The van der Waals surface area contributed by atoms with E-state index in [9.17, 15) is 5.11 Å². The predicted molar refractivity (Wildman–Crippen MR) is 150 cm³/mol. The van der Waals surface area contributed by atoms with Crippen LogP contribution >= 0.6 is 35.4 Å². The summed E-state index contributed by atoms with van der Waals surface area (Å²) in [4.78, 5) is 8.17. The molecule has 3 N–H and O–H groups in total. The number of aromatic amines is 1. The molecule has 3 aromatic rings. The Morgan fingerprint density at radius 2 is 1.77 bits per heavy atom. The maximum absolute atomic E-state index is 10.3. The van der Waals surface area contributed by atoms with Crippen LogP contribution in [0.2, 0.25) is 10.0 Å². The zero-order valence-electron chi connectivity index (χ0n) is 19.7. The summed E-state index contributed by atoms with van der Waals surface area (Å²) in [6, 6.07) is 14.2. The van der Waals surface area contributed by atoms with Crippen molar-refractivity contribution in [2.24, 2.45) is 5.92 Å². The van der Waals surface area contributed by atoms with Gasteiger partial charge in [0.2, 0.25) is 0 Å². The fourth-order valence-corrected chi connectivity index (χ4v) is 6.40. The molecule has 1 atom stereocenters. The van der Waals surface area contributed by atoms with Crippen LogP contribution in [0, 0.1) is 5.92 Å². The molecule has 0 aliphatic carbocycles. The van der Waals surface area contributed by atoms with Gasteiger partial charge in [0.25, 0.3) is 0 Å². The Bertz CT molecular complexity index is 1170. The number of piperidine rings is 2. The highest BCUT2D eigenvalue weighted by molar-refractivity contribution is 7.80. The van der Waals surface area contributed by atoms with Gasteiger partial charge in [0, 0.05) is 41.9 Å². The topological polar surface area (TPSA) is 54.5 Å². The van der Waals surface area contributed by atoms with Crippen molar-refractivity contribution in [3.63, 3.8) is 0 Å². The van der Waals surface area contributed by atoms with E-state index < -0.39 is 0 Å². The number of benzene rings is 2. The van der Waals surface area contributed by atoms with Gasteiger partial charge >= 0.3 is 0 Å². The number of fused-ring (bicyclic) bond motifs is 1. The first-order valence-electron chi connectivity index (χ1n) is 12.5. The normalized spacial score (nSPS) is 19.2. The molecule has 2 aliphatic rings. The monoisotopic (exact) mass is 530 g/mol. The van der Waals surface area contributed by atoms with Gasteiger partial charge in [-0.15, -0.1) is 0 Å². The SMILES string of the molecule is OCC(C1CCN(C(=S)Nc2ccc(Cl)c(Cl)c2)CC1)N1CCC(c2c[nH]c3ccccc23)CC1. The molecule has 1 aromatic heterocycles. The zero-order valence-corrected chi connectivity index (χ0v) is 22.0. The van der Waals surface area contributed by atoms with Gasteiger partial charge in [0.15, 0.2) is 5.11 Å². The number of nitrogens with zero attached hydrogens (tertiary/aromatic N) is 2. The van der Waals surface area contributed by atoms with Crippen molar-refractivity contribution in [2.75, 3.05) is 38.1 Å².